The summed E-state index contributed by atoms with van der Waals surface area (Å²) in [5.74, 6) is 1.96. The van der Waals surface area contributed by atoms with Crippen LogP contribution in [0.3, 0.4) is 0 Å². The second kappa shape index (κ2) is 7.32. The summed E-state index contributed by atoms with van der Waals surface area (Å²) >= 11 is 1.86. The van der Waals surface area contributed by atoms with Gasteiger partial charge in [0.05, 0.1) is 5.60 Å². The lowest BCUT2D eigenvalue weighted by atomic mass is 9.98. The minimum Gasteiger partial charge on any atom is -0.388 e. The van der Waals surface area contributed by atoms with Crippen molar-refractivity contribution in [2.45, 2.75) is 44.2 Å². The summed E-state index contributed by atoms with van der Waals surface area (Å²) < 4.78 is 0. The van der Waals surface area contributed by atoms with E-state index in [9.17, 15) is 5.11 Å². The Kier molecular flexibility index (Phi) is 5.74. The van der Waals surface area contributed by atoms with Crippen molar-refractivity contribution in [1.29, 1.82) is 0 Å². The van der Waals surface area contributed by atoms with Gasteiger partial charge in [0.15, 0.2) is 0 Å². The summed E-state index contributed by atoms with van der Waals surface area (Å²) in [6.45, 7) is 2.94. The topological polar surface area (TPSA) is 32.3 Å². The Bertz CT molecular complexity index is 362. The van der Waals surface area contributed by atoms with Gasteiger partial charge in [-0.1, -0.05) is 50.1 Å². The highest BCUT2D eigenvalue weighted by atomic mass is 32.2. The summed E-state index contributed by atoms with van der Waals surface area (Å²) in [5.41, 5.74) is 0.842. The van der Waals surface area contributed by atoms with Gasteiger partial charge in [-0.05, 0) is 24.2 Å². The monoisotopic (exact) mass is 279 g/mol. The Morgan fingerprint density at radius 1 is 1.37 bits per heavy atom. The van der Waals surface area contributed by atoms with Gasteiger partial charge < -0.3 is 10.4 Å². The zero-order valence-electron chi connectivity index (χ0n) is 11.8. The maximum absolute atomic E-state index is 10.4. The first-order valence-corrected chi connectivity index (χ1v) is 8.47. The third kappa shape index (κ3) is 4.51. The second-order valence-electron chi connectivity index (χ2n) is 5.51. The first-order chi connectivity index (χ1) is 9.23. The predicted molar refractivity (Wildman–Crippen MR) is 83.6 cm³/mol. The van der Waals surface area contributed by atoms with Crippen LogP contribution >= 0.6 is 11.8 Å². The van der Waals surface area contributed by atoms with Crippen molar-refractivity contribution < 1.29 is 5.11 Å². The molecule has 0 saturated carbocycles. The quantitative estimate of drug-likeness (QED) is 0.802. The molecule has 0 aromatic heterocycles. The molecule has 2 atom stereocenters. The molecule has 19 heavy (non-hydrogen) atoms. The molecule has 2 rings (SSSR count). The number of thioether (sulfide) groups is 1. The summed E-state index contributed by atoms with van der Waals surface area (Å²) in [7, 11) is 0. The number of benzene rings is 1. The molecule has 1 aliphatic heterocycles. The third-order valence-electron chi connectivity index (χ3n) is 3.81. The third-order valence-corrected chi connectivity index (χ3v) is 5.04. The molecule has 2 unspecified atom stereocenters. The SMILES string of the molecule is CCCCC(NCC1(O)CCSC1)c1ccccc1. The van der Waals surface area contributed by atoms with E-state index in [1.54, 1.807) is 0 Å². The lowest BCUT2D eigenvalue weighted by Gasteiger charge is -2.26. The highest BCUT2D eigenvalue weighted by Crippen LogP contribution is 2.28. The van der Waals surface area contributed by atoms with E-state index in [1.807, 2.05) is 11.8 Å². The van der Waals surface area contributed by atoms with E-state index in [4.69, 9.17) is 0 Å². The van der Waals surface area contributed by atoms with Gasteiger partial charge in [0.2, 0.25) is 0 Å². The molecule has 2 nitrogen and oxygen atoms in total. The smallest absolute Gasteiger partial charge is 0.0869 e. The normalized spacial score (nSPS) is 24.5. The molecule has 106 valence electrons. The number of rotatable bonds is 7. The highest BCUT2D eigenvalue weighted by molar-refractivity contribution is 7.99. The van der Waals surface area contributed by atoms with E-state index in [1.165, 1.54) is 18.4 Å². The molecule has 0 aliphatic carbocycles. The maximum Gasteiger partial charge on any atom is 0.0869 e. The summed E-state index contributed by atoms with van der Waals surface area (Å²) in [4.78, 5) is 0. The average Bonchev–Trinajstić information content (AvgIpc) is 2.87. The number of hydrogen-bond acceptors (Lipinski definition) is 3. The standard InChI is InChI=1S/C16H25NOS/c1-2-3-9-15(14-7-5-4-6-8-14)17-12-16(18)10-11-19-13-16/h4-8,15,17-18H,2-3,9-13H2,1H3. The van der Waals surface area contributed by atoms with Crippen molar-refractivity contribution in [3.05, 3.63) is 35.9 Å². The van der Waals surface area contributed by atoms with E-state index in [0.29, 0.717) is 12.6 Å². The molecule has 1 fully saturated rings. The molecule has 0 spiro atoms. The van der Waals surface area contributed by atoms with Crippen LogP contribution in [-0.4, -0.2) is 28.8 Å². The van der Waals surface area contributed by atoms with Crippen LogP contribution in [0.4, 0.5) is 0 Å². The van der Waals surface area contributed by atoms with Crippen molar-refractivity contribution in [2.24, 2.45) is 0 Å². The average molecular weight is 279 g/mol. The molecular formula is C16H25NOS. The van der Waals surface area contributed by atoms with Crippen LogP contribution in [0, 0.1) is 0 Å². The van der Waals surface area contributed by atoms with E-state index in [2.05, 4.69) is 42.6 Å². The van der Waals surface area contributed by atoms with Crippen LogP contribution in [0.1, 0.15) is 44.2 Å². The Hall–Kier alpha value is -0.510. The minimum atomic E-state index is -0.496. The Labute approximate surface area is 121 Å². The molecule has 0 amide bonds. The molecule has 1 aromatic rings. The first kappa shape index (κ1) is 14.9. The zero-order valence-corrected chi connectivity index (χ0v) is 12.6. The number of aliphatic hydroxyl groups is 1. The minimum absolute atomic E-state index is 0.371. The molecule has 2 N–H and O–H groups in total. The van der Waals surface area contributed by atoms with Crippen molar-refractivity contribution >= 4 is 11.8 Å². The van der Waals surface area contributed by atoms with E-state index >= 15 is 0 Å². The molecule has 1 aliphatic rings. The van der Waals surface area contributed by atoms with Crippen LogP contribution in [0.5, 0.6) is 0 Å². The number of hydrogen-bond donors (Lipinski definition) is 2. The van der Waals surface area contributed by atoms with Gasteiger partial charge >= 0.3 is 0 Å². The van der Waals surface area contributed by atoms with Crippen LogP contribution in [0.15, 0.2) is 30.3 Å². The van der Waals surface area contributed by atoms with Gasteiger partial charge in [-0.2, -0.15) is 11.8 Å². The molecular weight excluding hydrogens is 254 g/mol. The molecule has 1 aromatic carbocycles. The molecule has 0 radical (unpaired) electrons. The molecule has 0 bridgehead atoms. The van der Waals surface area contributed by atoms with Crippen molar-refractivity contribution in [2.75, 3.05) is 18.1 Å². The van der Waals surface area contributed by atoms with Crippen molar-refractivity contribution in [3.63, 3.8) is 0 Å². The molecule has 1 saturated heterocycles. The zero-order chi connectivity index (χ0) is 13.6. The fourth-order valence-corrected chi connectivity index (χ4v) is 3.82. The first-order valence-electron chi connectivity index (χ1n) is 7.32. The maximum atomic E-state index is 10.4. The van der Waals surface area contributed by atoms with Crippen LogP contribution in [0.2, 0.25) is 0 Å². The lowest BCUT2D eigenvalue weighted by Crippen LogP contribution is -2.42. The summed E-state index contributed by atoms with van der Waals surface area (Å²) in [6, 6.07) is 11.0. The van der Waals surface area contributed by atoms with E-state index in [0.717, 1.165) is 24.3 Å². The van der Waals surface area contributed by atoms with Gasteiger partial charge in [0.1, 0.15) is 0 Å². The fraction of sp³-hybridized carbons (Fsp3) is 0.625. The van der Waals surface area contributed by atoms with Crippen LogP contribution in [-0.2, 0) is 0 Å². The van der Waals surface area contributed by atoms with Gasteiger partial charge in [0, 0.05) is 18.3 Å². The number of nitrogens with one attached hydrogen (secondary N) is 1. The van der Waals surface area contributed by atoms with Gasteiger partial charge in [-0.15, -0.1) is 0 Å². The van der Waals surface area contributed by atoms with Crippen molar-refractivity contribution in [3.8, 4) is 0 Å². The van der Waals surface area contributed by atoms with Crippen LogP contribution in [0.25, 0.3) is 0 Å². The predicted octanol–water partition coefficient (Wildman–Crippen LogP) is 3.38. The van der Waals surface area contributed by atoms with Gasteiger partial charge in [0.25, 0.3) is 0 Å². The van der Waals surface area contributed by atoms with E-state index in [-0.39, 0.29) is 0 Å². The summed E-state index contributed by atoms with van der Waals surface area (Å²) in [6.07, 6.45) is 4.49. The molecule has 3 heteroatoms. The Morgan fingerprint density at radius 3 is 2.79 bits per heavy atom. The second-order valence-corrected chi connectivity index (χ2v) is 6.62. The fourth-order valence-electron chi connectivity index (χ4n) is 2.53. The Morgan fingerprint density at radius 2 is 2.16 bits per heavy atom. The highest BCUT2D eigenvalue weighted by Gasteiger charge is 2.32. The van der Waals surface area contributed by atoms with Gasteiger partial charge in [-0.3, -0.25) is 0 Å². The van der Waals surface area contributed by atoms with E-state index < -0.39 is 5.60 Å². The van der Waals surface area contributed by atoms with Gasteiger partial charge in [-0.25, -0.2) is 0 Å². The largest absolute Gasteiger partial charge is 0.388 e. The van der Waals surface area contributed by atoms with Crippen molar-refractivity contribution in [1.82, 2.24) is 5.32 Å². The van der Waals surface area contributed by atoms with Crippen LogP contribution < -0.4 is 5.32 Å². The molecule has 1 heterocycles. The summed E-state index contributed by atoms with van der Waals surface area (Å²) in [5, 5.41) is 14.0. The lowest BCUT2D eigenvalue weighted by molar-refractivity contribution is 0.0641. The number of unbranched alkanes of at least 4 members (excludes halogenated alkanes) is 1. The Balaban J connectivity index is 1.94.